The Morgan fingerprint density at radius 2 is 1.45 bits per heavy atom. The van der Waals surface area contributed by atoms with E-state index in [-0.39, 0.29) is 30.8 Å². The number of aliphatic hydroxyl groups is 1. The average Bonchev–Trinajstić information content (AvgIpc) is 3.03. The summed E-state index contributed by atoms with van der Waals surface area (Å²) in [6, 6.07) is 26.6. The molecule has 3 N–H and O–H groups in total. The lowest BCUT2D eigenvalue weighted by Gasteiger charge is -2.44. The van der Waals surface area contributed by atoms with Gasteiger partial charge in [-0.1, -0.05) is 85.8 Å². The average molecular weight is 573 g/mol. The standard InChI is InChI=1S/C34H44N4O4/c1-3-35-34(40)36-21-26-9-15-30(16-10-26)33-41-31(25(2)32(42-33)29-13-11-28(24-39)12-14-29)23-38-19-17-37(18-20-38)22-27-7-5-4-6-8-27/h4-16,25,31-33,39H,3,17-24H2,1-2H3,(H2,35,36,40)/t25-,31+,32+,33+/m1/s1. The fourth-order valence-electron chi connectivity index (χ4n) is 5.75. The predicted octanol–water partition coefficient (Wildman–Crippen LogP) is 4.61. The maximum absolute atomic E-state index is 11.8. The van der Waals surface area contributed by atoms with E-state index in [0.717, 1.165) is 61.5 Å². The van der Waals surface area contributed by atoms with E-state index in [2.05, 4.69) is 69.8 Å². The van der Waals surface area contributed by atoms with E-state index in [1.54, 1.807) is 0 Å². The van der Waals surface area contributed by atoms with Gasteiger partial charge in [0.15, 0.2) is 6.29 Å². The smallest absolute Gasteiger partial charge is 0.315 e. The number of carbonyl (C=O) groups excluding carboxylic acids is 1. The van der Waals surface area contributed by atoms with Gasteiger partial charge in [-0.25, -0.2) is 4.79 Å². The van der Waals surface area contributed by atoms with Gasteiger partial charge >= 0.3 is 6.03 Å². The highest BCUT2D eigenvalue weighted by Crippen LogP contribution is 2.42. The number of nitrogens with zero attached hydrogens (tertiary/aromatic N) is 2. The minimum Gasteiger partial charge on any atom is -0.392 e. The van der Waals surface area contributed by atoms with Crippen LogP contribution in [0.5, 0.6) is 0 Å². The molecule has 2 fully saturated rings. The molecular weight excluding hydrogens is 528 g/mol. The van der Waals surface area contributed by atoms with Gasteiger partial charge in [-0.3, -0.25) is 9.80 Å². The number of amides is 2. The number of rotatable bonds is 10. The summed E-state index contributed by atoms with van der Waals surface area (Å²) < 4.78 is 13.3. The molecule has 2 aliphatic heterocycles. The lowest BCUT2D eigenvalue weighted by atomic mass is 9.90. The summed E-state index contributed by atoms with van der Waals surface area (Å²) in [5, 5.41) is 15.2. The van der Waals surface area contributed by atoms with Gasteiger partial charge in [-0.05, 0) is 29.2 Å². The number of ether oxygens (including phenoxy) is 2. The molecule has 4 atom stereocenters. The minimum atomic E-state index is -0.501. The predicted molar refractivity (Wildman–Crippen MR) is 163 cm³/mol. The Hall–Kier alpha value is -3.27. The summed E-state index contributed by atoms with van der Waals surface area (Å²) in [5.41, 5.74) is 5.30. The molecule has 0 aliphatic carbocycles. The van der Waals surface area contributed by atoms with Crippen LogP contribution in [0.1, 0.15) is 54.1 Å². The van der Waals surface area contributed by atoms with Crippen molar-refractivity contribution in [1.29, 1.82) is 0 Å². The van der Waals surface area contributed by atoms with Crippen LogP contribution in [-0.4, -0.2) is 66.3 Å². The van der Waals surface area contributed by atoms with Crippen molar-refractivity contribution in [2.45, 2.75) is 52.0 Å². The SMILES string of the molecule is CCNC(=O)NCc1ccc([C@H]2O[C@@H](CN3CCN(Cc4ccccc4)CC3)[C@@H](C)[C@@H](c3ccc(CO)cc3)O2)cc1. The van der Waals surface area contributed by atoms with Gasteiger partial charge in [-0.15, -0.1) is 0 Å². The van der Waals surface area contributed by atoms with Crippen LogP contribution in [0.25, 0.3) is 0 Å². The first kappa shape index (κ1) is 30.2. The number of piperazine rings is 1. The van der Waals surface area contributed by atoms with Crippen molar-refractivity contribution >= 4 is 6.03 Å². The van der Waals surface area contributed by atoms with Crippen LogP contribution in [0.4, 0.5) is 4.79 Å². The van der Waals surface area contributed by atoms with Gasteiger partial charge in [0.25, 0.3) is 0 Å². The second kappa shape index (κ2) is 14.8. The fourth-order valence-corrected chi connectivity index (χ4v) is 5.75. The van der Waals surface area contributed by atoms with Gasteiger partial charge in [0, 0.05) is 63.8 Å². The molecule has 0 bridgehead atoms. The zero-order chi connectivity index (χ0) is 29.3. The lowest BCUT2D eigenvalue weighted by molar-refractivity contribution is -0.276. The minimum absolute atomic E-state index is 0.00831. The van der Waals surface area contributed by atoms with E-state index in [1.807, 2.05) is 43.3 Å². The van der Waals surface area contributed by atoms with Crippen LogP contribution in [0.2, 0.25) is 0 Å². The normalized spacial score (nSPS) is 23.4. The van der Waals surface area contributed by atoms with Crippen molar-refractivity contribution in [3.05, 3.63) is 107 Å². The molecule has 0 radical (unpaired) electrons. The number of hydrogen-bond acceptors (Lipinski definition) is 6. The molecule has 0 aromatic heterocycles. The summed E-state index contributed by atoms with van der Waals surface area (Å²) in [6.07, 6.45) is -0.649. The molecule has 0 saturated carbocycles. The summed E-state index contributed by atoms with van der Waals surface area (Å²) in [5.74, 6) is 0.143. The van der Waals surface area contributed by atoms with E-state index in [0.29, 0.717) is 13.1 Å². The van der Waals surface area contributed by atoms with Crippen LogP contribution >= 0.6 is 0 Å². The molecule has 42 heavy (non-hydrogen) atoms. The van der Waals surface area contributed by atoms with E-state index < -0.39 is 6.29 Å². The Labute approximate surface area is 249 Å². The van der Waals surface area contributed by atoms with Gasteiger partial charge in [0.2, 0.25) is 0 Å². The number of urea groups is 1. The zero-order valence-electron chi connectivity index (χ0n) is 24.7. The van der Waals surface area contributed by atoms with Crippen LogP contribution in [0, 0.1) is 5.92 Å². The number of benzene rings is 3. The first-order valence-corrected chi connectivity index (χ1v) is 15.1. The highest BCUT2D eigenvalue weighted by molar-refractivity contribution is 5.73. The van der Waals surface area contributed by atoms with E-state index in [9.17, 15) is 9.90 Å². The Kier molecular flexibility index (Phi) is 10.6. The van der Waals surface area contributed by atoms with Gasteiger partial charge in [-0.2, -0.15) is 0 Å². The molecule has 3 aromatic rings. The summed E-state index contributed by atoms with van der Waals surface area (Å²) >= 11 is 0. The van der Waals surface area contributed by atoms with Crippen LogP contribution in [0.15, 0.2) is 78.9 Å². The Bertz CT molecular complexity index is 1250. The molecule has 5 rings (SSSR count). The van der Waals surface area contributed by atoms with Crippen LogP contribution < -0.4 is 10.6 Å². The molecular formula is C34H44N4O4. The second-order valence-electron chi connectivity index (χ2n) is 11.3. The van der Waals surface area contributed by atoms with Gasteiger partial charge in [0.05, 0.1) is 18.8 Å². The highest BCUT2D eigenvalue weighted by Gasteiger charge is 2.39. The van der Waals surface area contributed by atoms with Gasteiger partial charge in [0.1, 0.15) is 0 Å². The molecule has 2 saturated heterocycles. The van der Waals surface area contributed by atoms with Gasteiger partial charge < -0.3 is 25.2 Å². The monoisotopic (exact) mass is 572 g/mol. The van der Waals surface area contributed by atoms with Crippen molar-refractivity contribution in [2.75, 3.05) is 39.3 Å². The topological polar surface area (TPSA) is 86.3 Å². The Morgan fingerprint density at radius 3 is 2.12 bits per heavy atom. The van der Waals surface area contributed by atoms with Crippen molar-refractivity contribution in [1.82, 2.24) is 20.4 Å². The first-order chi connectivity index (χ1) is 20.5. The third kappa shape index (κ3) is 7.96. The van der Waals surface area contributed by atoms with Crippen molar-refractivity contribution < 1.29 is 19.4 Å². The molecule has 0 spiro atoms. The second-order valence-corrected chi connectivity index (χ2v) is 11.3. The summed E-state index contributed by atoms with van der Waals surface area (Å²) in [7, 11) is 0. The molecule has 8 nitrogen and oxygen atoms in total. The fraction of sp³-hybridized carbons (Fsp3) is 0.441. The van der Waals surface area contributed by atoms with E-state index in [4.69, 9.17) is 9.47 Å². The molecule has 2 aliphatic rings. The van der Waals surface area contributed by atoms with Crippen molar-refractivity contribution in [2.24, 2.45) is 5.92 Å². The lowest BCUT2D eigenvalue weighted by Crippen LogP contribution is -2.51. The number of aliphatic hydroxyl groups excluding tert-OH is 1. The number of hydrogen-bond donors (Lipinski definition) is 3. The van der Waals surface area contributed by atoms with E-state index in [1.165, 1.54) is 5.56 Å². The summed E-state index contributed by atoms with van der Waals surface area (Å²) in [6.45, 7) is 11.1. The van der Waals surface area contributed by atoms with Crippen LogP contribution in [-0.2, 0) is 29.2 Å². The maximum Gasteiger partial charge on any atom is 0.315 e. The Morgan fingerprint density at radius 1 is 0.810 bits per heavy atom. The molecule has 8 heteroatoms. The largest absolute Gasteiger partial charge is 0.392 e. The zero-order valence-corrected chi connectivity index (χ0v) is 24.7. The quantitative estimate of drug-likeness (QED) is 0.329. The summed E-state index contributed by atoms with van der Waals surface area (Å²) in [4.78, 5) is 16.8. The third-order valence-electron chi connectivity index (χ3n) is 8.32. The van der Waals surface area contributed by atoms with E-state index >= 15 is 0 Å². The molecule has 0 unspecified atom stereocenters. The first-order valence-electron chi connectivity index (χ1n) is 15.1. The van der Waals surface area contributed by atoms with Crippen molar-refractivity contribution in [3.8, 4) is 0 Å². The number of carbonyl (C=O) groups is 1. The number of nitrogens with one attached hydrogen (secondary N) is 2. The molecule has 3 aromatic carbocycles. The molecule has 2 heterocycles. The highest BCUT2D eigenvalue weighted by atomic mass is 16.7. The Balaban J connectivity index is 1.26. The molecule has 224 valence electrons. The van der Waals surface area contributed by atoms with Crippen LogP contribution in [0.3, 0.4) is 0 Å². The van der Waals surface area contributed by atoms with Crippen molar-refractivity contribution in [3.63, 3.8) is 0 Å². The molecule has 2 amide bonds. The maximum atomic E-state index is 11.8. The third-order valence-corrected chi connectivity index (χ3v) is 8.32.